The molecule has 21 heavy (non-hydrogen) atoms. The second kappa shape index (κ2) is 6.72. The third kappa shape index (κ3) is 3.42. The summed E-state index contributed by atoms with van der Waals surface area (Å²) < 4.78 is 14.3. The summed E-state index contributed by atoms with van der Waals surface area (Å²) in [6.07, 6.45) is 0. The van der Waals surface area contributed by atoms with Crippen LogP contribution in [0.4, 0.5) is 15.8 Å². The predicted molar refractivity (Wildman–Crippen MR) is 87.7 cm³/mol. The molecule has 0 bridgehead atoms. The van der Waals surface area contributed by atoms with Gasteiger partial charge < -0.3 is 10.2 Å². The Morgan fingerprint density at radius 3 is 2.43 bits per heavy atom. The van der Waals surface area contributed by atoms with Crippen molar-refractivity contribution >= 4 is 11.4 Å². The lowest BCUT2D eigenvalue weighted by Crippen LogP contribution is -2.22. The van der Waals surface area contributed by atoms with Crippen LogP contribution >= 0.6 is 0 Å². The van der Waals surface area contributed by atoms with E-state index in [2.05, 4.69) is 36.5 Å². The molecule has 112 valence electrons. The van der Waals surface area contributed by atoms with Gasteiger partial charge in [-0.15, -0.1) is 0 Å². The fraction of sp³-hybridized carbons (Fsp3) is 0.333. The highest BCUT2D eigenvalue weighted by atomic mass is 19.1. The van der Waals surface area contributed by atoms with E-state index < -0.39 is 0 Å². The maximum Gasteiger partial charge on any atom is 0.130 e. The number of aryl methyl sites for hydroxylation is 1. The zero-order valence-electron chi connectivity index (χ0n) is 13.2. The van der Waals surface area contributed by atoms with Gasteiger partial charge in [0, 0.05) is 30.0 Å². The van der Waals surface area contributed by atoms with E-state index in [0.29, 0.717) is 5.56 Å². The van der Waals surface area contributed by atoms with E-state index in [-0.39, 0.29) is 11.9 Å². The number of hydrogen-bond acceptors (Lipinski definition) is 2. The molecule has 2 aromatic carbocycles. The van der Waals surface area contributed by atoms with Crippen LogP contribution in [0.25, 0.3) is 0 Å². The molecule has 2 aromatic rings. The van der Waals surface area contributed by atoms with E-state index in [4.69, 9.17) is 0 Å². The van der Waals surface area contributed by atoms with Gasteiger partial charge in [-0.1, -0.05) is 30.7 Å². The molecular weight excluding hydrogens is 263 g/mol. The normalized spacial score (nSPS) is 12.2. The van der Waals surface area contributed by atoms with Crippen molar-refractivity contribution in [1.29, 1.82) is 0 Å². The number of nitrogens with one attached hydrogen (secondary N) is 1. The molecular formula is C18H23FN2. The number of benzene rings is 2. The molecule has 3 heteroatoms. The third-order valence-electron chi connectivity index (χ3n) is 3.76. The summed E-state index contributed by atoms with van der Waals surface area (Å²) in [7, 11) is 1.97. The zero-order valence-corrected chi connectivity index (χ0v) is 13.2. The van der Waals surface area contributed by atoms with Crippen LogP contribution < -0.4 is 10.2 Å². The molecule has 1 N–H and O–H groups in total. The molecule has 0 saturated carbocycles. The van der Waals surface area contributed by atoms with Gasteiger partial charge in [-0.3, -0.25) is 0 Å². The monoisotopic (exact) mass is 286 g/mol. The Labute approximate surface area is 126 Å². The third-order valence-corrected chi connectivity index (χ3v) is 3.76. The molecule has 0 fully saturated rings. The van der Waals surface area contributed by atoms with Gasteiger partial charge in [0.15, 0.2) is 0 Å². The van der Waals surface area contributed by atoms with Gasteiger partial charge in [-0.2, -0.15) is 0 Å². The highest BCUT2D eigenvalue weighted by molar-refractivity contribution is 5.66. The number of halogens is 1. The van der Waals surface area contributed by atoms with Crippen LogP contribution in [0.1, 0.15) is 31.0 Å². The standard InChI is InChI=1S/C18H23FN2/c1-5-20-14(3)18-16(19)7-6-8-17(18)21(4)15-11-9-13(2)10-12-15/h6-12,14,20H,5H2,1-4H3. The first kappa shape index (κ1) is 15.5. The average Bonchev–Trinajstić information content (AvgIpc) is 2.47. The van der Waals surface area contributed by atoms with E-state index in [1.807, 2.05) is 31.9 Å². The van der Waals surface area contributed by atoms with Crippen LogP contribution in [-0.4, -0.2) is 13.6 Å². The quantitative estimate of drug-likeness (QED) is 0.866. The maximum absolute atomic E-state index is 14.3. The molecule has 0 spiro atoms. The maximum atomic E-state index is 14.3. The van der Waals surface area contributed by atoms with Crippen LogP contribution in [0.3, 0.4) is 0 Å². The molecule has 0 aliphatic rings. The molecule has 0 heterocycles. The highest BCUT2D eigenvalue weighted by Crippen LogP contribution is 2.32. The first-order valence-electron chi connectivity index (χ1n) is 7.36. The zero-order chi connectivity index (χ0) is 15.4. The van der Waals surface area contributed by atoms with E-state index in [0.717, 1.165) is 17.9 Å². The lowest BCUT2D eigenvalue weighted by atomic mass is 10.0. The predicted octanol–water partition coefficient (Wildman–Crippen LogP) is 4.57. The van der Waals surface area contributed by atoms with Crippen molar-refractivity contribution in [2.75, 3.05) is 18.5 Å². The van der Waals surface area contributed by atoms with Crippen LogP contribution in [-0.2, 0) is 0 Å². The molecule has 1 unspecified atom stereocenters. The molecule has 0 aromatic heterocycles. The molecule has 2 rings (SSSR count). The van der Waals surface area contributed by atoms with Crippen LogP contribution in [0.15, 0.2) is 42.5 Å². The van der Waals surface area contributed by atoms with Gasteiger partial charge in [-0.05, 0) is 44.7 Å². The minimum atomic E-state index is -0.167. The largest absolute Gasteiger partial charge is 0.344 e. The van der Waals surface area contributed by atoms with Crippen molar-refractivity contribution < 1.29 is 4.39 Å². The second-order valence-electron chi connectivity index (χ2n) is 5.35. The van der Waals surface area contributed by atoms with Crippen molar-refractivity contribution in [3.63, 3.8) is 0 Å². The fourth-order valence-electron chi connectivity index (χ4n) is 2.56. The molecule has 0 radical (unpaired) electrons. The van der Waals surface area contributed by atoms with Gasteiger partial charge in [0.2, 0.25) is 0 Å². The lowest BCUT2D eigenvalue weighted by molar-refractivity contribution is 0.541. The topological polar surface area (TPSA) is 15.3 Å². The summed E-state index contributed by atoms with van der Waals surface area (Å²) in [5.41, 5.74) is 3.87. The van der Waals surface area contributed by atoms with E-state index in [1.54, 1.807) is 6.07 Å². The van der Waals surface area contributed by atoms with Crippen molar-refractivity contribution in [2.24, 2.45) is 0 Å². The van der Waals surface area contributed by atoms with Crippen LogP contribution in [0.2, 0.25) is 0 Å². The van der Waals surface area contributed by atoms with E-state index >= 15 is 0 Å². The number of hydrogen-bond donors (Lipinski definition) is 1. The van der Waals surface area contributed by atoms with E-state index in [1.165, 1.54) is 11.6 Å². The van der Waals surface area contributed by atoms with Crippen molar-refractivity contribution in [3.05, 3.63) is 59.4 Å². The summed E-state index contributed by atoms with van der Waals surface area (Å²) in [5, 5.41) is 3.29. The first-order valence-corrected chi connectivity index (χ1v) is 7.36. The molecule has 1 atom stereocenters. The van der Waals surface area contributed by atoms with Gasteiger partial charge in [0.1, 0.15) is 5.82 Å². The average molecular weight is 286 g/mol. The Bertz CT molecular complexity index is 593. The van der Waals surface area contributed by atoms with Gasteiger partial charge in [-0.25, -0.2) is 4.39 Å². The fourth-order valence-corrected chi connectivity index (χ4v) is 2.56. The van der Waals surface area contributed by atoms with Crippen molar-refractivity contribution in [3.8, 4) is 0 Å². The Morgan fingerprint density at radius 2 is 1.81 bits per heavy atom. The number of anilines is 2. The van der Waals surface area contributed by atoms with Crippen LogP contribution in [0.5, 0.6) is 0 Å². The SMILES string of the molecule is CCNC(C)c1c(F)cccc1N(C)c1ccc(C)cc1. The highest BCUT2D eigenvalue weighted by Gasteiger charge is 2.18. The Morgan fingerprint density at radius 1 is 1.14 bits per heavy atom. The minimum absolute atomic E-state index is 0.0286. The van der Waals surface area contributed by atoms with E-state index in [9.17, 15) is 4.39 Å². The summed E-state index contributed by atoms with van der Waals surface area (Å²) in [6.45, 7) is 6.89. The molecule has 0 amide bonds. The van der Waals surface area contributed by atoms with Crippen LogP contribution in [0, 0.1) is 12.7 Å². The second-order valence-corrected chi connectivity index (χ2v) is 5.35. The van der Waals surface area contributed by atoms with Gasteiger partial charge in [0.25, 0.3) is 0 Å². The molecule has 0 aliphatic heterocycles. The Hall–Kier alpha value is -1.87. The Kier molecular flexibility index (Phi) is 4.97. The van der Waals surface area contributed by atoms with Gasteiger partial charge in [0.05, 0.1) is 0 Å². The summed E-state index contributed by atoms with van der Waals surface area (Å²) in [4.78, 5) is 2.03. The lowest BCUT2D eigenvalue weighted by Gasteiger charge is -2.26. The molecule has 2 nitrogen and oxygen atoms in total. The number of rotatable bonds is 5. The summed E-state index contributed by atoms with van der Waals surface area (Å²) in [6, 6.07) is 13.5. The summed E-state index contributed by atoms with van der Waals surface area (Å²) >= 11 is 0. The molecule has 0 aliphatic carbocycles. The Balaban J connectivity index is 2.43. The number of nitrogens with zero attached hydrogens (tertiary/aromatic N) is 1. The smallest absolute Gasteiger partial charge is 0.130 e. The van der Waals surface area contributed by atoms with Crippen molar-refractivity contribution in [1.82, 2.24) is 5.32 Å². The molecule has 0 saturated heterocycles. The van der Waals surface area contributed by atoms with Crippen molar-refractivity contribution in [2.45, 2.75) is 26.8 Å². The first-order chi connectivity index (χ1) is 10.0. The minimum Gasteiger partial charge on any atom is -0.344 e. The summed E-state index contributed by atoms with van der Waals surface area (Å²) in [5.74, 6) is -0.167. The van der Waals surface area contributed by atoms with Gasteiger partial charge >= 0.3 is 0 Å².